The third-order valence-corrected chi connectivity index (χ3v) is 5.74. The Hall–Kier alpha value is -1.12. The van der Waals surface area contributed by atoms with Gasteiger partial charge in [0.15, 0.2) is 0 Å². The predicted octanol–water partition coefficient (Wildman–Crippen LogP) is 4.78. The number of aryl methyl sites for hydroxylation is 1. The molecule has 0 aliphatic heterocycles. The van der Waals surface area contributed by atoms with Gasteiger partial charge in [0.25, 0.3) is 0 Å². The Morgan fingerprint density at radius 3 is 2.57 bits per heavy atom. The second kappa shape index (κ2) is 6.76. The Morgan fingerprint density at radius 2 is 1.95 bits per heavy atom. The molecule has 1 aromatic heterocycles. The number of thiophene rings is 1. The third-order valence-electron chi connectivity index (χ3n) is 4.80. The molecule has 112 valence electrons. The summed E-state index contributed by atoms with van der Waals surface area (Å²) in [6, 6.07) is 16.3. The molecule has 1 aliphatic rings. The first-order valence-corrected chi connectivity index (χ1v) is 9.02. The van der Waals surface area contributed by atoms with E-state index in [2.05, 4.69) is 60.1 Å². The minimum Gasteiger partial charge on any atom is -0.313 e. The summed E-state index contributed by atoms with van der Waals surface area (Å²) in [5.41, 5.74) is 1.77. The van der Waals surface area contributed by atoms with Crippen LogP contribution in [-0.4, -0.2) is 12.6 Å². The van der Waals surface area contributed by atoms with Gasteiger partial charge in [0.2, 0.25) is 0 Å². The summed E-state index contributed by atoms with van der Waals surface area (Å²) < 4.78 is 0. The quantitative estimate of drug-likeness (QED) is 0.739. The fourth-order valence-corrected chi connectivity index (χ4v) is 3.79. The first-order chi connectivity index (χ1) is 10.3. The monoisotopic (exact) mass is 299 g/mol. The molecule has 1 aliphatic carbocycles. The van der Waals surface area contributed by atoms with E-state index in [1.165, 1.54) is 42.5 Å². The number of nitrogens with one attached hydrogen (secondary N) is 1. The van der Waals surface area contributed by atoms with E-state index in [4.69, 9.17) is 0 Å². The van der Waals surface area contributed by atoms with Gasteiger partial charge in [0, 0.05) is 22.9 Å². The van der Waals surface area contributed by atoms with Crippen molar-refractivity contribution in [1.82, 2.24) is 5.32 Å². The van der Waals surface area contributed by atoms with Crippen LogP contribution in [0.5, 0.6) is 0 Å². The lowest BCUT2D eigenvalue weighted by molar-refractivity contribution is 0.354. The molecule has 3 rings (SSSR count). The van der Waals surface area contributed by atoms with Crippen LogP contribution in [0.2, 0.25) is 0 Å². The molecule has 1 atom stereocenters. The number of hydrogen-bond acceptors (Lipinski definition) is 2. The lowest BCUT2D eigenvalue weighted by Gasteiger charge is -2.34. The van der Waals surface area contributed by atoms with Gasteiger partial charge >= 0.3 is 0 Å². The molecule has 0 radical (unpaired) electrons. The van der Waals surface area contributed by atoms with E-state index in [0.717, 1.165) is 12.6 Å². The van der Waals surface area contributed by atoms with Crippen LogP contribution in [0.1, 0.15) is 43.0 Å². The van der Waals surface area contributed by atoms with Crippen molar-refractivity contribution in [2.45, 2.75) is 50.5 Å². The molecule has 1 aromatic carbocycles. The zero-order valence-corrected chi connectivity index (χ0v) is 13.7. The third kappa shape index (κ3) is 3.75. The van der Waals surface area contributed by atoms with Gasteiger partial charge in [-0.2, -0.15) is 0 Å². The highest BCUT2D eigenvalue weighted by Crippen LogP contribution is 2.34. The van der Waals surface area contributed by atoms with Gasteiger partial charge in [-0.3, -0.25) is 0 Å². The molecule has 1 unspecified atom stereocenters. The highest BCUT2D eigenvalue weighted by Gasteiger charge is 2.32. The number of rotatable bonds is 8. The van der Waals surface area contributed by atoms with E-state index < -0.39 is 0 Å². The topological polar surface area (TPSA) is 12.0 Å². The fourth-order valence-electron chi connectivity index (χ4n) is 3.08. The van der Waals surface area contributed by atoms with Crippen LogP contribution in [0.15, 0.2) is 47.8 Å². The fraction of sp³-hybridized carbons (Fsp3) is 0.474. The second-order valence-electron chi connectivity index (χ2n) is 6.23. The maximum atomic E-state index is 3.78. The van der Waals surface area contributed by atoms with Gasteiger partial charge in [-0.25, -0.2) is 0 Å². The van der Waals surface area contributed by atoms with Crippen molar-refractivity contribution in [1.29, 1.82) is 0 Å². The minimum absolute atomic E-state index is 0.272. The molecule has 1 fully saturated rings. The molecule has 1 saturated carbocycles. The van der Waals surface area contributed by atoms with Gasteiger partial charge in [0.05, 0.1) is 0 Å². The molecule has 0 spiro atoms. The van der Waals surface area contributed by atoms with Crippen LogP contribution < -0.4 is 5.32 Å². The van der Waals surface area contributed by atoms with Gasteiger partial charge in [-0.1, -0.05) is 43.3 Å². The van der Waals surface area contributed by atoms with Crippen LogP contribution in [0.25, 0.3) is 0 Å². The van der Waals surface area contributed by atoms with Gasteiger partial charge in [0.1, 0.15) is 0 Å². The number of benzene rings is 1. The molecule has 0 bridgehead atoms. The molecule has 1 heterocycles. The van der Waals surface area contributed by atoms with E-state index in [-0.39, 0.29) is 5.41 Å². The standard InChI is InChI=1S/C19H25NS/c1-2-19(15-20-17-10-11-17,16-7-4-3-5-8-16)13-12-18-9-6-14-21-18/h3-9,14,17,20H,2,10-13,15H2,1H3. The van der Waals surface area contributed by atoms with Crippen molar-refractivity contribution in [2.75, 3.05) is 6.54 Å². The normalized spacial score (nSPS) is 17.6. The van der Waals surface area contributed by atoms with Crippen molar-refractivity contribution in [2.24, 2.45) is 0 Å². The van der Waals surface area contributed by atoms with Crippen molar-refractivity contribution < 1.29 is 0 Å². The van der Waals surface area contributed by atoms with Crippen molar-refractivity contribution >= 4 is 11.3 Å². The first kappa shape index (κ1) is 14.8. The van der Waals surface area contributed by atoms with Crippen LogP contribution in [0, 0.1) is 0 Å². The average Bonchev–Trinajstić information content (AvgIpc) is 3.22. The van der Waals surface area contributed by atoms with E-state index in [0.29, 0.717) is 0 Å². The van der Waals surface area contributed by atoms with E-state index in [9.17, 15) is 0 Å². The van der Waals surface area contributed by atoms with Crippen molar-refractivity contribution in [3.05, 3.63) is 58.3 Å². The van der Waals surface area contributed by atoms with Crippen LogP contribution in [0.3, 0.4) is 0 Å². The van der Waals surface area contributed by atoms with E-state index in [1.807, 2.05) is 11.3 Å². The molecule has 0 amide bonds. The molecule has 1 N–H and O–H groups in total. The number of hydrogen-bond donors (Lipinski definition) is 1. The summed E-state index contributed by atoms with van der Waals surface area (Å²) in [7, 11) is 0. The molecule has 21 heavy (non-hydrogen) atoms. The summed E-state index contributed by atoms with van der Waals surface area (Å²) >= 11 is 1.89. The van der Waals surface area contributed by atoms with E-state index in [1.54, 1.807) is 0 Å². The van der Waals surface area contributed by atoms with Gasteiger partial charge in [-0.15, -0.1) is 11.3 Å². The smallest absolute Gasteiger partial charge is 0.00787 e. The summed E-state index contributed by atoms with van der Waals surface area (Å²) in [6.07, 6.45) is 6.33. The second-order valence-corrected chi connectivity index (χ2v) is 7.27. The summed E-state index contributed by atoms with van der Waals surface area (Å²) in [6.45, 7) is 3.46. The van der Waals surface area contributed by atoms with Gasteiger partial charge < -0.3 is 5.32 Å². The summed E-state index contributed by atoms with van der Waals surface area (Å²) in [4.78, 5) is 1.51. The largest absolute Gasteiger partial charge is 0.313 e. The Morgan fingerprint density at radius 1 is 1.14 bits per heavy atom. The van der Waals surface area contributed by atoms with E-state index >= 15 is 0 Å². The summed E-state index contributed by atoms with van der Waals surface area (Å²) in [5.74, 6) is 0. The highest BCUT2D eigenvalue weighted by molar-refractivity contribution is 7.09. The first-order valence-electron chi connectivity index (χ1n) is 8.14. The lowest BCUT2D eigenvalue weighted by atomic mass is 9.74. The van der Waals surface area contributed by atoms with Gasteiger partial charge in [-0.05, 0) is 49.1 Å². The molecule has 0 saturated heterocycles. The molecular weight excluding hydrogens is 274 g/mol. The Labute approximate surface area is 132 Å². The maximum Gasteiger partial charge on any atom is 0.00787 e. The molecule has 2 aromatic rings. The Kier molecular flexibility index (Phi) is 4.77. The van der Waals surface area contributed by atoms with Crippen LogP contribution in [-0.2, 0) is 11.8 Å². The average molecular weight is 299 g/mol. The molecular formula is C19H25NS. The highest BCUT2D eigenvalue weighted by atomic mass is 32.1. The minimum atomic E-state index is 0.272. The SMILES string of the molecule is CCC(CCc1cccs1)(CNC1CC1)c1ccccc1. The lowest BCUT2D eigenvalue weighted by Crippen LogP contribution is -2.39. The van der Waals surface area contributed by atoms with Crippen LogP contribution in [0.4, 0.5) is 0 Å². The van der Waals surface area contributed by atoms with Crippen LogP contribution >= 0.6 is 11.3 Å². The van der Waals surface area contributed by atoms with Crippen molar-refractivity contribution in [3.63, 3.8) is 0 Å². The Balaban J connectivity index is 1.77. The summed E-state index contributed by atoms with van der Waals surface area (Å²) in [5, 5.41) is 5.97. The molecule has 2 heteroatoms. The molecule has 1 nitrogen and oxygen atoms in total. The van der Waals surface area contributed by atoms with Crippen molar-refractivity contribution in [3.8, 4) is 0 Å². The zero-order chi connectivity index (χ0) is 14.5. The maximum absolute atomic E-state index is 3.78. The zero-order valence-electron chi connectivity index (χ0n) is 12.8. The predicted molar refractivity (Wildman–Crippen MR) is 92.1 cm³/mol. The Bertz CT molecular complexity index is 530.